The van der Waals surface area contributed by atoms with Gasteiger partial charge < -0.3 is 15.0 Å². The highest BCUT2D eigenvalue weighted by atomic mass is 19.1. The van der Waals surface area contributed by atoms with E-state index in [0.717, 1.165) is 25.8 Å². The Balaban J connectivity index is 1.47. The van der Waals surface area contributed by atoms with Gasteiger partial charge in [-0.3, -0.25) is 14.5 Å². The fourth-order valence-electron chi connectivity index (χ4n) is 6.01. The second-order valence-corrected chi connectivity index (χ2v) is 9.16. The van der Waals surface area contributed by atoms with Gasteiger partial charge in [-0.1, -0.05) is 0 Å². The molecule has 31 heavy (non-hydrogen) atoms. The van der Waals surface area contributed by atoms with Crippen LogP contribution in [0.25, 0.3) is 0 Å². The van der Waals surface area contributed by atoms with E-state index in [1.54, 1.807) is 19.2 Å². The summed E-state index contributed by atoms with van der Waals surface area (Å²) >= 11 is 0. The molecule has 3 fully saturated rings. The summed E-state index contributed by atoms with van der Waals surface area (Å²) in [6, 6.07) is 6.49. The van der Waals surface area contributed by atoms with Crippen molar-refractivity contribution >= 4 is 11.8 Å². The van der Waals surface area contributed by atoms with Crippen LogP contribution in [0.5, 0.6) is 5.75 Å². The molecule has 2 amide bonds. The number of hydrogen-bond donors (Lipinski definition) is 1. The van der Waals surface area contributed by atoms with Crippen LogP contribution in [0.15, 0.2) is 24.3 Å². The van der Waals surface area contributed by atoms with Gasteiger partial charge in [0, 0.05) is 32.1 Å². The molecule has 3 saturated heterocycles. The molecule has 1 aromatic carbocycles. The van der Waals surface area contributed by atoms with E-state index in [-0.39, 0.29) is 30.3 Å². The number of nitrogens with one attached hydrogen (secondary N) is 1. The first-order valence-corrected chi connectivity index (χ1v) is 11.7. The van der Waals surface area contributed by atoms with Gasteiger partial charge in [-0.15, -0.1) is 0 Å². The Hall–Kier alpha value is -2.15. The number of carbonyl (C=O) groups is 2. The third-order valence-electron chi connectivity index (χ3n) is 7.35. The molecule has 3 heterocycles. The molecule has 6 nitrogen and oxygen atoms in total. The number of likely N-dealkylation sites (tertiary alicyclic amines) is 1. The monoisotopic (exact) mass is 431 g/mol. The molecule has 0 bridgehead atoms. The number of carbonyl (C=O) groups excluding carboxylic acids is 2. The predicted octanol–water partition coefficient (Wildman–Crippen LogP) is 2.82. The SMILES string of the molecule is CNC(=O)CCC[C@@H]1[C@H]2CCCN3CCC[C@@H](CN1C(=O)COc1ccc(F)cc1)[C@@H]23. The van der Waals surface area contributed by atoms with Crippen molar-refractivity contribution in [2.75, 3.05) is 33.3 Å². The van der Waals surface area contributed by atoms with Crippen LogP contribution in [0.1, 0.15) is 44.9 Å². The first-order valence-electron chi connectivity index (χ1n) is 11.7. The van der Waals surface area contributed by atoms with Crippen LogP contribution in [-0.2, 0) is 9.59 Å². The van der Waals surface area contributed by atoms with E-state index in [1.807, 2.05) is 4.90 Å². The van der Waals surface area contributed by atoms with Crippen molar-refractivity contribution in [1.29, 1.82) is 0 Å². The predicted molar refractivity (Wildman–Crippen MR) is 116 cm³/mol. The average Bonchev–Trinajstić information content (AvgIpc) is 2.79. The highest BCUT2D eigenvalue weighted by Crippen LogP contribution is 2.43. The summed E-state index contributed by atoms with van der Waals surface area (Å²) in [6.45, 7) is 3.08. The van der Waals surface area contributed by atoms with Crippen LogP contribution in [0, 0.1) is 17.7 Å². The van der Waals surface area contributed by atoms with E-state index in [2.05, 4.69) is 10.2 Å². The van der Waals surface area contributed by atoms with Crippen LogP contribution in [0.4, 0.5) is 4.39 Å². The molecular weight excluding hydrogens is 397 g/mol. The maximum atomic E-state index is 13.3. The normalized spacial score (nSPS) is 28.0. The van der Waals surface area contributed by atoms with Crippen LogP contribution in [0.2, 0.25) is 0 Å². The second kappa shape index (κ2) is 9.98. The molecule has 0 radical (unpaired) electrons. The molecule has 170 valence electrons. The molecule has 7 heteroatoms. The first kappa shape index (κ1) is 22.1. The van der Waals surface area contributed by atoms with E-state index >= 15 is 0 Å². The third kappa shape index (κ3) is 5.03. The third-order valence-corrected chi connectivity index (χ3v) is 7.35. The molecule has 0 aromatic heterocycles. The minimum absolute atomic E-state index is 0.00425. The molecule has 1 N–H and O–H groups in total. The molecule has 0 saturated carbocycles. The summed E-state index contributed by atoms with van der Waals surface area (Å²) in [7, 11) is 1.66. The number of ether oxygens (including phenoxy) is 1. The quantitative estimate of drug-likeness (QED) is 0.721. The fraction of sp³-hybridized carbons (Fsp3) is 0.667. The van der Waals surface area contributed by atoms with Gasteiger partial charge in [0.15, 0.2) is 6.61 Å². The largest absolute Gasteiger partial charge is 0.484 e. The van der Waals surface area contributed by atoms with Crippen molar-refractivity contribution in [2.45, 2.75) is 57.0 Å². The summed E-state index contributed by atoms with van der Waals surface area (Å²) in [6.07, 6.45) is 6.80. The lowest BCUT2D eigenvalue weighted by Gasteiger charge is -2.57. The maximum absolute atomic E-state index is 13.3. The number of benzene rings is 1. The Bertz CT molecular complexity index is 770. The zero-order valence-electron chi connectivity index (χ0n) is 18.4. The smallest absolute Gasteiger partial charge is 0.260 e. The average molecular weight is 432 g/mol. The number of amides is 2. The number of nitrogens with zero attached hydrogens (tertiary/aromatic N) is 2. The van der Waals surface area contributed by atoms with Gasteiger partial charge >= 0.3 is 0 Å². The molecule has 3 aliphatic rings. The van der Waals surface area contributed by atoms with E-state index in [9.17, 15) is 14.0 Å². The number of rotatable bonds is 7. The van der Waals surface area contributed by atoms with Gasteiger partial charge in [0.1, 0.15) is 11.6 Å². The van der Waals surface area contributed by atoms with Crippen molar-refractivity contribution < 1.29 is 18.7 Å². The maximum Gasteiger partial charge on any atom is 0.260 e. The Labute approximate surface area is 184 Å². The second-order valence-electron chi connectivity index (χ2n) is 9.16. The van der Waals surface area contributed by atoms with E-state index < -0.39 is 0 Å². The topological polar surface area (TPSA) is 61.9 Å². The minimum Gasteiger partial charge on any atom is -0.484 e. The summed E-state index contributed by atoms with van der Waals surface area (Å²) in [5.74, 6) is 1.21. The zero-order chi connectivity index (χ0) is 21.8. The van der Waals surface area contributed by atoms with Gasteiger partial charge in [0.2, 0.25) is 5.91 Å². The van der Waals surface area contributed by atoms with Gasteiger partial charge in [-0.05, 0) is 87.7 Å². The van der Waals surface area contributed by atoms with Gasteiger partial charge in [-0.25, -0.2) is 4.39 Å². The number of halogens is 1. The lowest BCUT2D eigenvalue weighted by molar-refractivity contribution is -0.148. The zero-order valence-corrected chi connectivity index (χ0v) is 18.4. The Morgan fingerprint density at radius 3 is 2.65 bits per heavy atom. The van der Waals surface area contributed by atoms with Crippen LogP contribution in [-0.4, -0.2) is 67.0 Å². The van der Waals surface area contributed by atoms with Crippen molar-refractivity contribution in [2.24, 2.45) is 11.8 Å². The van der Waals surface area contributed by atoms with Gasteiger partial charge in [0.05, 0.1) is 0 Å². The molecule has 4 atom stereocenters. The molecule has 0 spiro atoms. The Morgan fingerprint density at radius 1 is 1.16 bits per heavy atom. The highest BCUT2D eigenvalue weighted by Gasteiger charge is 2.49. The standard InChI is InChI=1S/C24H34FN3O3/c1-26-22(29)8-2-7-21-20-6-4-14-27-13-3-5-17(24(20)27)15-28(21)23(30)16-31-19-11-9-18(25)10-12-19/h9-12,17,20-21,24H,2-8,13-16H2,1H3,(H,26,29)/t17-,20+,21+,24-/m0/s1. The van der Waals surface area contributed by atoms with Crippen LogP contribution < -0.4 is 10.1 Å². The molecule has 3 aliphatic heterocycles. The summed E-state index contributed by atoms with van der Waals surface area (Å²) < 4.78 is 18.8. The van der Waals surface area contributed by atoms with Crippen molar-refractivity contribution in [3.63, 3.8) is 0 Å². The molecule has 0 unspecified atom stereocenters. The van der Waals surface area contributed by atoms with E-state index in [0.29, 0.717) is 30.0 Å². The van der Waals surface area contributed by atoms with Crippen molar-refractivity contribution in [1.82, 2.24) is 15.1 Å². The van der Waals surface area contributed by atoms with Crippen molar-refractivity contribution in [3.8, 4) is 5.75 Å². The van der Waals surface area contributed by atoms with Crippen LogP contribution in [0.3, 0.4) is 0 Å². The molecule has 1 aromatic rings. The highest BCUT2D eigenvalue weighted by molar-refractivity contribution is 5.78. The summed E-state index contributed by atoms with van der Waals surface area (Å²) in [4.78, 5) is 29.7. The Morgan fingerprint density at radius 2 is 1.90 bits per heavy atom. The molecule has 4 rings (SSSR count). The molecular formula is C24H34FN3O3. The lowest BCUT2D eigenvalue weighted by Crippen LogP contribution is -2.66. The van der Waals surface area contributed by atoms with Gasteiger partial charge in [0.25, 0.3) is 5.91 Å². The number of piperidine rings is 3. The van der Waals surface area contributed by atoms with Crippen molar-refractivity contribution in [3.05, 3.63) is 30.1 Å². The first-order chi connectivity index (χ1) is 15.1. The van der Waals surface area contributed by atoms with E-state index in [1.165, 1.54) is 44.5 Å². The van der Waals surface area contributed by atoms with Crippen LogP contribution >= 0.6 is 0 Å². The summed E-state index contributed by atoms with van der Waals surface area (Å²) in [5.41, 5.74) is 0. The fourth-order valence-corrected chi connectivity index (χ4v) is 6.01. The molecule has 0 aliphatic carbocycles. The lowest BCUT2D eigenvalue weighted by atomic mass is 9.69. The van der Waals surface area contributed by atoms with Gasteiger partial charge in [-0.2, -0.15) is 0 Å². The minimum atomic E-state index is -0.323. The van der Waals surface area contributed by atoms with E-state index in [4.69, 9.17) is 4.74 Å². The Kier molecular flexibility index (Phi) is 7.10. The number of hydrogen-bond acceptors (Lipinski definition) is 4. The summed E-state index contributed by atoms with van der Waals surface area (Å²) in [5, 5.41) is 2.69.